The van der Waals surface area contributed by atoms with Gasteiger partial charge in [0.25, 0.3) is 0 Å². The molecule has 1 fully saturated rings. The first-order valence-corrected chi connectivity index (χ1v) is 30.1. The lowest BCUT2D eigenvalue weighted by atomic mass is 9.98. The summed E-state index contributed by atoms with van der Waals surface area (Å²) in [5, 5.41) is 76.2. The van der Waals surface area contributed by atoms with Crippen molar-refractivity contribution in [3.8, 4) is 0 Å². The molecule has 70 heavy (non-hydrogen) atoms. The van der Waals surface area contributed by atoms with E-state index in [1.54, 1.807) is 0 Å². The van der Waals surface area contributed by atoms with Crippen LogP contribution in [-0.4, -0.2) is 110 Å². The predicted octanol–water partition coefficient (Wildman–Crippen LogP) is 12.7. The van der Waals surface area contributed by atoms with Gasteiger partial charge in [0.2, 0.25) is 5.91 Å². The first kappa shape index (κ1) is 66.9. The van der Waals surface area contributed by atoms with Crippen LogP contribution in [0.4, 0.5) is 0 Å². The molecule has 0 saturated carbocycles. The van der Waals surface area contributed by atoms with E-state index in [9.17, 15) is 40.5 Å². The van der Waals surface area contributed by atoms with Crippen LogP contribution in [0.2, 0.25) is 0 Å². The number of allylic oxidation sites excluding steroid dienone is 2. The first-order valence-electron chi connectivity index (χ1n) is 30.1. The Labute approximate surface area is 430 Å². The highest BCUT2D eigenvalue weighted by atomic mass is 16.7. The van der Waals surface area contributed by atoms with Crippen molar-refractivity contribution >= 4 is 5.91 Å². The van der Waals surface area contributed by atoms with E-state index < -0.39 is 74.2 Å². The van der Waals surface area contributed by atoms with Crippen molar-refractivity contribution in [1.82, 2.24) is 5.32 Å². The number of rotatable bonds is 52. The summed E-state index contributed by atoms with van der Waals surface area (Å²) in [7, 11) is 0. The molecule has 0 bridgehead atoms. The number of aliphatic hydroxyl groups is 7. The molecule has 1 rings (SSSR count). The van der Waals surface area contributed by atoms with E-state index in [1.807, 2.05) is 0 Å². The van der Waals surface area contributed by atoms with Crippen molar-refractivity contribution in [2.45, 2.75) is 345 Å². The van der Waals surface area contributed by atoms with E-state index in [1.165, 1.54) is 212 Å². The zero-order chi connectivity index (χ0) is 51.1. The van der Waals surface area contributed by atoms with Crippen LogP contribution in [0.15, 0.2) is 12.2 Å². The average molecular weight is 999 g/mol. The molecular weight excluding hydrogens is 883 g/mol. The highest BCUT2D eigenvalue weighted by Crippen LogP contribution is 2.23. The van der Waals surface area contributed by atoms with Crippen molar-refractivity contribution < 1.29 is 50.0 Å². The maximum absolute atomic E-state index is 13.2. The molecule has 0 spiro atoms. The van der Waals surface area contributed by atoms with Crippen LogP contribution >= 0.6 is 0 Å². The minimum atomic E-state index is -1.67. The summed E-state index contributed by atoms with van der Waals surface area (Å²) >= 11 is 0. The summed E-state index contributed by atoms with van der Waals surface area (Å²) in [5.41, 5.74) is 0. The number of hydrogen-bond donors (Lipinski definition) is 8. The molecule has 0 aliphatic carbocycles. The molecule has 8 N–H and O–H groups in total. The van der Waals surface area contributed by atoms with Gasteiger partial charge < -0.3 is 50.5 Å². The first-order chi connectivity index (χ1) is 34.2. The summed E-state index contributed by atoms with van der Waals surface area (Å²) in [6, 6.07) is -1.18. The fourth-order valence-electron chi connectivity index (χ4n) is 9.92. The van der Waals surface area contributed by atoms with Crippen molar-refractivity contribution in [2.75, 3.05) is 13.2 Å². The molecule has 9 unspecified atom stereocenters. The third-order valence-corrected chi connectivity index (χ3v) is 14.8. The van der Waals surface area contributed by atoms with Gasteiger partial charge in [-0.3, -0.25) is 4.79 Å². The fraction of sp³-hybridized carbons (Fsp3) is 0.949. The molecule has 9 atom stereocenters. The highest BCUT2D eigenvalue weighted by molar-refractivity contribution is 5.80. The van der Waals surface area contributed by atoms with Gasteiger partial charge in [0, 0.05) is 0 Å². The van der Waals surface area contributed by atoms with Crippen LogP contribution in [0.3, 0.4) is 0 Å². The number of amides is 1. The Bertz CT molecular complexity index is 1140. The Morgan fingerprint density at radius 3 is 1.23 bits per heavy atom. The van der Waals surface area contributed by atoms with Gasteiger partial charge in [-0.25, -0.2) is 0 Å². The molecule has 1 heterocycles. The number of hydrogen-bond acceptors (Lipinski definition) is 10. The fourth-order valence-corrected chi connectivity index (χ4v) is 9.92. The summed E-state index contributed by atoms with van der Waals surface area (Å²) < 4.78 is 11.1. The lowest BCUT2D eigenvalue weighted by molar-refractivity contribution is -0.303. The standard InChI is InChI=1S/C59H115NO10/c1-3-5-7-9-11-13-15-17-19-21-23-25-27-29-31-33-35-37-39-41-43-45-47-52(63)58(68)60-50(49-69-59-57(67)56(66)55(65)53(48-61)70-59)54(64)51(62)46-44-42-40-38-36-34-32-30-28-26-24-22-20-18-16-14-12-10-8-6-4-2/h38,40,50-57,59,61-67H,3-37,39,41-49H2,1-2H3,(H,60,68)/b40-38+. The molecule has 0 aromatic carbocycles. The number of carbonyl (C=O) groups excluding carboxylic acids is 1. The summed E-state index contributed by atoms with van der Waals surface area (Å²) in [5.74, 6) is -0.700. The highest BCUT2D eigenvalue weighted by Gasteiger charge is 2.44. The number of unbranched alkanes of at least 4 members (excludes halogenated alkanes) is 38. The van der Waals surface area contributed by atoms with E-state index >= 15 is 0 Å². The molecular formula is C59H115NO10. The van der Waals surface area contributed by atoms with E-state index in [0.717, 1.165) is 38.5 Å². The second-order valence-corrected chi connectivity index (χ2v) is 21.4. The van der Waals surface area contributed by atoms with Gasteiger partial charge in [-0.15, -0.1) is 0 Å². The van der Waals surface area contributed by atoms with Crippen molar-refractivity contribution in [3.05, 3.63) is 12.2 Å². The van der Waals surface area contributed by atoms with Crippen LogP contribution in [0.1, 0.15) is 290 Å². The van der Waals surface area contributed by atoms with E-state index in [0.29, 0.717) is 12.8 Å². The third-order valence-electron chi connectivity index (χ3n) is 14.8. The molecule has 416 valence electrons. The average Bonchev–Trinajstić information content (AvgIpc) is 3.36. The topological polar surface area (TPSA) is 189 Å². The van der Waals surface area contributed by atoms with E-state index in [2.05, 4.69) is 31.3 Å². The van der Waals surface area contributed by atoms with Crippen LogP contribution in [0.25, 0.3) is 0 Å². The van der Waals surface area contributed by atoms with Gasteiger partial charge in [-0.1, -0.05) is 264 Å². The maximum atomic E-state index is 13.2. The molecule has 0 aromatic heterocycles. The minimum absolute atomic E-state index is 0.260. The second kappa shape index (κ2) is 48.8. The van der Waals surface area contributed by atoms with Gasteiger partial charge in [-0.2, -0.15) is 0 Å². The van der Waals surface area contributed by atoms with Gasteiger partial charge >= 0.3 is 0 Å². The number of aliphatic hydroxyl groups excluding tert-OH is 7. The zero-order valence-electron chi connectivity index (χ0n) is 45.5. The lowest BCUT2D eigenvalue weighted by Crippen LogP contribution is -2.60. The predicted molar refractivity (Wildman–Crippen MR) is 289 cm³/mol. The van der Waals surface area contributed by atoms with Crippen LogP contribution in [0, 0.1) is 0 Å². The van der Waals surface area contributed by atoms with Crippen molar-refractivity contribution in [1.29, 1.82) is 0 Å². The van der Waals surface area contributed by atoms with Crippen LogP contribution in [-0.2, 0) is 14.3 Å². The summed E-state index contributed by atoms with van der Waals surface area (Å²) in [6.07, 6.45) is 45.5. The molecule has 1 saturated heterocycles. The maximum Gasteiger partial charge on any atom is 0.249 e. The monoisotopic (exact) mass is 998 g/mol. The smallest absolute Gasteiger partial charge is 0.249 e. The van der Waals surface area contributed by atoms with Gasteiger partial charge in [0.05, 0.1) is 25.4 Å². The van der Waals surface area contributed by atoms with Gasteiger partial charge in [0.1, 0.15) is 36.6 Å². The van der Waals surface area contributed by atoms with E-state index in [-0.39, 0.29) is 12.8 Å². The zero-order valence-corrected chi connectivity index (χ0v) is 45.5. The molecule has 1 amide bonds. The van der Waals surface area contributed by atoms with Gasteiger partial charge in [-0.05, 0) is 38.5 Å². The molecule has 0 radical (unpaired) electrons. The molecule has 11 heteroatoms. The minimum Gasteiger partial charge on any atom is -0.394 e. The molecule has 0 aromatic rings. The Morgan fingerprint density at radius 1 is 0.486 bits per heavy atom. The Hall–Kier alpha value is -1.15. The number of ether oxygens (including phenoxy) is 2. The SMILES string of the molecule is CCCCCCCCCCCCCCCCCC/C=C/CCCC(O)C(O)C(COC1OC(CO)C(O)C(O)C1O)NC(=O)C(O)CCCCCCCCCCCCCCCCCCCCCCCC. The quantitative estimate of drug-likeness (QED) is 0.0215. The largest absolute Gasteiger partial charge is 0.394 e. The molecule has 1 aliphatic heterocycles. The second-order valence-electron chi connectivity index (χ2n) is 21.4. The Balaban J connectivity index is 2.30. The number of nitrogens with one attached hydrogen (secondary N) is 1. The Kier molecular flexibility index (Phi) is 46.6. The molecule has 11 nitrogen and oxygen atoms in total. The molecule has 1 aliphatic rings. The lowest BCUT2D eigenvalue weighted by Gasteiger charge is -2.40. The van der Waals surface area contributed by atoms with Gasteiger partial charge in [0.15, 0.2) is 6.29 Å². The third kappa shape index (κ3) is 36.7. The van der Waals surface area contributed by atoms with E-state index in [4.69, 9.17) is 9.47 Å². The van der Waals surface area contributed by atoms with Crippen molar-refractivity contribution in [2.24, 2.45) is 0 Å². The summed E-state index contributed by atoms with van der Waals surface area (Å²) in [6.45, 7) is 3.48. The normalized spacial score (nSPS) is 20.3. The van der Waals surface area contributed by atoms with Crippen LogP contribution < -0.4 is 5.32 Å². The number of carbonyl (C=O) groups is 1. The Morgan fingerprint density at radius 2 is 0.843 bits per heavy atom. The summed E-state index contributed by atoms with van der Waals surface area (Å²) in [4.78, 5) is 13.2. The van der Waals surface area contributed by atoms with Crippen LogP contribution in [0.5, 0.6) is 0 Å². The van der Waals surface area contributed by atoms with Crippen molar-refractivity contribution in [3.63, 3.8) is 0 Å².